The molecule has 0 radical (unpaired) electrons. The van der Waals surface area contributed by atoms with Crippen molar-refractivity contribution >= 4 is 11.9 Å². The zero-order valence-electron chi connectivity index (χ0n) is 32.1. The monoisotopic (exact) mass is 654 g/mol. The van der Waals surface area contributed by atoms with E-state index in [1.165, 1.54) is 76.3 Å². The van der Waals surface area contributed by atoms with Gasteiger partial charge in [0.05, 0.1) is 11.8 Å². The molecule has 0 spiro atoms. The average Bonchev–Trinajstić information content (AvgIpc) is 3.37. The maximum atomic E-state index is 13.1. The van der Waals surface area contributed by atoms with Crippen LogP contribution in [0, 0.1) is 62.1 Å². The Morgan fingerprint density at radius 3 is 2.17 bits per heavy atom. The van der Waals surface area contributed by atoms with E-state index in [1.807, 2.05) is 0 Å². The summed E-state index contributed by atoms with van der Waals surface area (Å²) in [6.07, 6.45) is 15.1. The molecular formula is C42H71NO4. The number of carbonyl (C=O) groups excluding carboxylic acids is 1. The molecule has 5 saturated carbocycles. The highest BCUT2D eigenvalue weighted by Crippen LogP contribution is 2.78. The first-order valence-electron chi connectivity index (χ1n) is 19.6. The van der Waals surface area contributed by atoms with Gasteiger partial charge in [0, 0.05) is 5.41 Å². The molecule has 5 fully saturated rings. The fourth-order valence-electron chi connectivity index (χ4n) is 13.7. The summed E-state index contributed by atoms with van der Waals surface area (Å²) in [7, 11) is 0. The Labute approximate surface area is 288 Å². The minimum absolute atomic E-state index is 0.0828. The number of ether oxygens (including phenoxy) is 1. The highest BCUT2D eigenvalue weighted by molar-refractivity contribution is 5.81. The molecule has 1 N–H and O–H groups in total. The van der Waals surface area contributed by atoms with Crippen LogP contribution in [0.5, 0.6) is 0 Å². The summed E-state index contributed by atoms with van der Waals surface area (Å²) in [5.74, 6) is 2.09. The minimum Gasteiger partial charge on any atom is -0.481 e. The summed E-state index contributed by atoms with van der Waals surface area (Å²) in [5.41, 5.74) is 1.54. The van der Waals surface area contributed by atoms with E-state index >= 15 is 0 Å². The lowest BCUT2D eigenvalue weighted by atomic mass is 9.32. The molecule has 0 heterocycles. The van der Waals surface area contributed by atoms with Crippen molar-refractivity contribution < 1.29 is 19.4 Å². The molecule has 10 atom stereocenters. The molecule has 0 aromatic rings. The van der Waals surface area contributed by atoms with E-state index in [2.05, 4.69) is 66.9 Å². The molecule has 0 aromatic carbocycles. The number of hydrogen-bond acceptors (Lipinski definition) is 4. The van der Waals surface area contributed by atoms with Gasteiger partial charge >= 0.3 is 11.9 Å². The Kier molecular flexibility index (Phi) is 10.0. The van der Waals surface area contributed by atoms with Crippen LogP contribution in [0.2, 0.25) is 0 Å². The third-order valence-corrected chi connectivity index (χ3v) is 16.7. The van der Waals surface area contributed by atoms with Crippen LogP contribution in [0.15, 0.2) is 12.2 Å². The molecule has 47 heavy (non-hydrogen) atoms. The first kappa shape index (κ1) is 36.9. The smallest absolute Gasteiger partial charge is 0.309 e. The number of carbonyl (C=O) groups is 2. The summed E-state index contributed by atoms with van der Waals surface area (Å²) < 4.78 is 6.19. The van der Waals surface area contributed by atoms with Crippen LogP contribution < -0.4 is 0 Å². The molecule has 0 aromatic heterocycles. The third-order valence-electron chi connectivity index (χ3n) is 16.7. The fraction of sp³-hybridized carbons (Fsp3) is 0.905. The van der Waals surface area contributed by atoms with Gasteiger partial charge in [0.2, 0.25) is 0 Å². The Bertz CT molecular complexity index is 1200. The zero-order valence-corrected chi connectivity index (χ0v) is 32.1. The van der Waals surface area contributed by atoms with Crippen molar-refractivity contribution in [3.05, 3.63) is 12.2 Å². The van der Waals surface area contributed by atoms with Gasteiger partial charge in [-0.2, -0.15) is 0 Å². The van der Waals surface area contributed by atoms with Gasteiger partial charge in [-0.15, -0.1) is 0 Å². The second-order valence-corrected chi connectivity index (χ2v) is 19.4. The molecule has 0 aliphatic heterocycles. The number of esters is 1. The minimum atomic E-state index is -1.11. The van der Waals surface area contributed by atoms with Crippen molar-refractivity contribution in [1.29, 1.82) is 0 Å². The molecule has 0 amide bonds. The van der Waals surface area contributed by atoms with E-state index < -0.39 is 11.4 Å². The van der Waals surface area contributed by atoms with Gasteiger partial charge in [-0.05, 0) is 169 Å². The molecule has 0 unspecified atom stereocenters. The van der Waals surface area contributed by atoms with Crippen molar-refractivity contribution in [1.82, 2.24) is 4.90 Å². The Balaban J connectivity index is 1.38. The molecule has 0 bridgehead atoms. The number of rotatable bonds is 11. The van der Waals surface area contributed by atoms with E-state index in [0.29, 0.717) is 34.0 Å². The van der Waals surface area contributed by atoms with Crippen molar-refractivity contribution in [2.75, 3.05) is 19.6 Å². The summed E-state index contributed by atoms with van der Waals surface area (Å²) in [6, 6.07) is 0. The van der Waals surface area contributed by atoms with Crippen molar-refractivity contribution in [3.8, 4) is 0 Å². The topological polar surface area (TPSA) is 66.8 Å². The van der Waals surface area contributed by atoms with E-state index in [4.69, 9.17) is 4.74 Å². The second kappa shape index (κ2) is 12.8. The summed E-state index contributed by atoms with van der Waals surface area (Å²) >= 11 is 0. The maximum Gasteiger partial charge on any atom is 0.309 e. The predicted molar refractivity (Wildman–Crippen MR) is 192 cm³/mol. The van der Waals surface area contributed by atoms with E-state index in [9.17, 15) is 14.7 Å². The van der Waals surface area contributed by atoms with E-state index in [-0.39, 0.29) is 29.3 Å². The largest absolute Gasteiger partial charge is 0.481 e. The van der Waals surface area contributed by atoms with Crippen LogP contribution in [-0.2, 0) is 14.3 Å². The highest BCUT2D eigenvalue weighted by Gasteiger charge is 2.71. The maximum absolute atomic E-state index is 13.1. The summed E-state index contributed by atoms with van der Waals surface area (Å²) in [5, 5.41) is 9.59. The number of fused-ring (bicyclic) bond motifs is 7. The van der Waals surface area contributed by atoms with E-state index in [1.54, 1.807) is 13.8 Å². The van der Waals surface area contributed by atoms with Gasteiger partial charge in [-0.3, -0.25) is 9.59 Å². The number of allylic oxidation sites excluding steroid dienone is 1. The number of carboxylic acid groups (broad SMARTS) is 1. The van der Waals surface area contributed by atoms with Gasteiger partial charge in [0.25, 0.3) is 0 Å². The normalized spacial score (nSPS) is 42.5. The standard InChI is InChI=1S/C42H71NO4/c1-12-43(13-2)26-14-20-42-23-17-29(28(3)4)35(42)30-15-16-32-39(9)21-19-33(47-34(44)27-37(5,6)36(45)46)38(7,8)31(39)18-22-41(32,11)40(30,10)24-25-42/h29-33,35H,3,12-27H2,1-2,4-11H3,(H,45,46)/t29-,30+,31-,32+,33-,35+,39-,40+,41+,42+/m0/s1. The molecule has 5 heteroatoms. The molecule has 5 aliphatic carbocycles. The van der Waals surface area contributed by atoms with Crippen LogP contribution in [0.25, 0.3) is 0 Å². The Morgan fingerprint density at radius 2 is 1.55 bits per heavy atom. The molecule has 5 nitrogen and oxygen atoms in total. The van der Waals surface area contributed by atoms with Crippen molar-refractivity contribution in [3.63, 3.8) is 0 Å². The fourth-order valence-corrected chi connectivity index (χ4v) is 13.7. The average molecular weight is 654 g/mol. The number of aliphatic carboxylic acids is 1. The zero-order chi connectivity index (χ0) is 34.8. The first-order chi connectivity index (χ1) is 21.8. The summed E-state index contributed by atoms with van der Waals surface area (Å²) in [6.45, 7) is 31.1. The van der Waals surface area contributed by atoms with Crippen LogP contribution in [0.4, 0.5) is 0 Å². The molecule has 268 valence electrons. The number of nitrogens with zero attached hydrogens (tertiary/aromatic N) is 1. The van der Waals surface area contributed by atoms with Crippen molar-refractivity contribution in [2.24, 2.45) is 62.1 Å². The van der Waals surface area contributed by atoms with Gasteiger partial charge in [0.15, 0.2) is 0 Å². The van der Waals surface area contributed by atoms with Crippen molar-refractivity contribution in [2.45, 2.75) is 159 Å². The third kappa shape index (κ3) is 5.86. The number of hydrogen-bond donors (Lipinski definition) is 1. The van der Waals surface area contributed by atoms with Gasteiger partial charge in [-0.25, -0.2) is 0 Å². The van der Waals surface area contributed by atoms with Gasteiger partial charge in [0.1, 0.15) is 6.10 Å². The first-order valence-corrected chi connectivity index (χ1v) is 19.6. The van der Waals surface area contributed by atoms with Crippen LogP contribution in [-0.4, -0.2) is 47.7 Å². The molecule has 5 rings (SSSR count). The van der Waals surface area contributed by atoms with Gasteiger partial charge in [-0.1, -0.05) is 60.6 Å². The summed E-state index contributed by atoms with van der Waals surface area (Å²) in [4.78, 5) is 27.4. The molecular weight excluding hydrogens is 582 g/mol. The quantitative estimate of drug-likeness (QED) is 0.178. The predicted octanol–water partition coefficient (Wildman–Crippen LogP) is 10.2. The Morgan fingerprint density at radius 1 is 0.872 bits per heavy atom. The SMILES string of the molecule is C=C(C)[C@@H]1CC[C@]2(CCCN(CC)CC)CC[C@]3(C)[C@H](CC[C@@H]4[C@@]5(C)CC[C@H](OC(=O)CC(C)(C)C(=O)O)C(C)(C)[C@@H]5CC[C@]43C)[C@@H]12. The number of carboxylic acids is 1. The molecule has 5 aliphatic rings. The van der Waals surface area contributed by atoms with Crippen LogP contribution in [0.1, 0.15) is 153 Å². The second-order valence-electron chi connectivity index (χ2n) is 19.4. The lowest BCUT2D eigenvalue weighted by Crippen LogP contribution is -2.66. The van der Waals surface area contributed by atoms with E-state index in [0.717, 1.165) is 37.8 Å². The molecule has 0 saturated heterocycles. The highest BCUT2D eigenvalue weighted by atomic mass is 16.5. The van der Waals surface area contributed by atoms with Gasteiger partial charge < -0.3 is 14.7 Å². The van der Waals surface area contributed by atoms with Crippen LogP contribution in [0.3, 0.4) is 0 Å². The lowest BCUT2D eigenvalue weighted by Gasteiger charge is -2.73. The Hall–Kier alpha value is -1.36. The lowest BCUT2D eigenvalue weighted by molar-refractivity contribution is -0.250. The van der Waals surface area contributed by atoms with Crippen LogP contribution >= 0.6 is 0 Å².